The van der Waals surface area contributed by atoms with E-state index in [4.69, 9.17) is 25.8 Å². The zero-order valence-electron chi connectivity index (χ0n) is 17.0. The van der Waals surface area contributed by atoms with Crippen molar-refractivity contribution in [3.05, 3.63) is 65.2 Å². The Kier molecular flexibility index (Phi) is 9.03. The van der Waals surface area contributed by atoms with Crippen LogP contribution in [0, 0.1) is 6.92 Å². The summed E-state index contributed by atoms with van der Waals surface area (Å²) < 4.78 is 16.3. The van der Waals surface area contributed by atoms with Crippen LogP contribution in [0.25, 0.3) is 0 Å². The lowest BCUT2D eigenvalue weighted by Crippen LogP contribution is -2.41. The molecule has 0 fully saturated rings. The van der Waals surface area contributed by atoms with Crippen LogP contribution in [-0.2, 0) is 4.79 Å². The van der Waals surface area contributed by atoms with Crippen molar-refractivity contribution in [2.75, 3.05) is 20.3 Å². The average molecular weight is 433 g/mol. The molecular formula is C22H25ClN2O5. The first-order valence-corrected chi connectivity index (χ1v) is 9.72. The van der Waals surface area contributed by atoms with Gasteiger partial charge >= 0.3 is 0 Å². The van der Waals surface area contributed by atoms with Gasteiger partial charge in [0.25, 0.3) is 5.91 Å². The molecule has 2 aromatic carbocycles. The molecule has 0 bridgehead atoms. The summed E-state index contributed by atoms with van der Waals surface area (Å²) in [5.41, 5.74) is 6.01. The minimum atomic E-state index is -0.468. The van der Waals surface area contributed by atoms with E-state index in [-0.39, 0.29) is 12.3 Å². The monoisotopic (exact) mass is 432 g/mol. The lowest BCUT2D eigenvalue weighted by atomic mass is 10.2. The molecule has 0 aliphatic rings. The van der Waals surface area contributed by atoms with Crippen LogP contribution in [0.4, 0.5) is 0 Å². The molecule has 2 N–H and O–H groups in total. The van der Waals surface area contributed by atoms with Gasteiger partial charge in [-0.05, 0) is 55.3 Å². The fourth-order valence-electron chi connectivity index (χ4n) is 2.53. The largest absolute Gasteiger partial charge is 0.493 e. The second-order valence-corrected chi connectivity index (χ2v) is 6.77. The molecule has 0 aliphatic heterocycles. The summed E-state index contributed by atoms with van der Waals surface area (Å²) >= 11 is 5.91. The Morgan fingerprint density at radius 1 is 1.07 bits per heavy atom. The number of nitrogens with one attached hydrogen (secondary N) is 2. The number of ether oxygens (including phenoxy) is 3. The minimum Gasteiger partial charge on any atom is -0.493 e. The van der Waals surface area contributed by atoms with Crippen molar-refractivity contribution >= 4 is 23.4 Å². The van der Waals surface area contributed by atoms with Gasteiger partial charge in [-0.3, -0.25) is 20.4 Å². The molecule has 0 spiro atoms. The van der Waals surface area contributed by atoms with Gasteiger partial charge in [-0.15, -0.1) is 0 Å². The van der Waals surface area contributed by atoms with Gasteiger partial charge in [-0.2, -0.15) is 0 Å². The van der Waals surface area contributed by atoms with Crippen molar-refractivity contribution < 1.29 is 23.8 Å². The van der Waals surface area contributed by atoms with Crippen LogP contribution in [0.2, 0.25) is 5.02 Å². The molecule has 2 rings (SSSR count). The van der Waals surface area contributed by atoms with Gasteiger partial charge in [0, 0.05) is 17.0 Å². The zero-order chi connectivity index (χ0) is 21.9. The van der Waals surface area contributed by atoms with E-state index in [2.05, 4.69) is 17.4 Å². The van der Waals surface area contributed by atoms with Crippen molar-refractivity contribution in [2.24, 2.45) is 0 Å². The van der Waals surface area contributed by atoms with Crippen molar-refractivity contribution in [1.29, 1.82) is 0 Å². The maximum atomic E-state index is 12.2. The number of amides is 2. The number of benzene rings is 2. The highest BCUT2D eigenvalue weighted by molar-refractivity contribution is 6.30. The zero-order valence-corrected chi connectivity index (χ0v) is 17.8. The number of hydrogen-bond acceptors (Lipinski definition) is 5. The Morgan fingerprint density at radius 2 is 1.83 bits per heavy atom. The van der Waals surface area contributed by atoms with Crippen molar-refractivity contribution in [3.63, 3.8) is 0 Å². The van der Waals surface area contributed by atoms with Gasteiger partial charge in [0.05, 0.1) is 13.7 Å². The molecule has 2 amide bonds. The Morgan fingerprint density at radius 3 is 2.53 bits per heavy atom. The molecule has 0 radical (unpaired) electrons. The number of halogens is 1. The van der Waals surface area contributed by atoms with E-state index >= 15 is 0 Å². The van der Waals surface area contributed by atoms with Gasteiger partial charge in [0.15, 0.2) is 11.5 Å². The van der Waals surface area contributed by atoms with E-state index in [0.29, 0.717) is 41.7 Å². The van der Waals surface area contributed by atoms with E-state index in [1.165, 1.54) is 13.2 Å². The highest BCUT2D eigenvalue weighted by Crippen LogP contribution is 2.28. The molecule has 8 heteroatoms. The van der Waals surface area contributed by atoms with Crippen molar-refractivity contribution in [3.8, 4) is 17.2 Å². The molecule has 160 valence electrons. The standard InChI is InChI=1S/C22H25ClN2O5/c1-4-11-29-19-9-7-16(14-20(19)28-3)22(27)25-24-21(26)6-5-12-30-18-10-8-17(23)13-15(18)2/h4,7-10,13-14H,1,5-6,11-12H2,2-3H3,(H,24,26)(H,25,27). The Balaban J connectivity index is 1.76. The molecular weight excluding hydrogens is 408 g/mol. The predicted molar refractivity (Wildman–Crippen MR) is 115 cm³/mol. The maximum Gasteiger partial charge on any atom is 0.269 e. The summed E-state index contributed by atoms with van der Waals surface area (Å²) in [4.78, 5) is 24.2. The van der Waals surface area contributed by atoms with Gasteiger partial charge in [0.1, 0.15) is 12.4 Å². The Labute approximate surface area is 180 Å². The van der Waals surface area contributed by atoms with Gasteiger partial charge in [-0.25, -0.2) is 0 Å². The average Bonchev–Trinajstić information content (AvgIpc) is 2.74. The van der Waals surface area contributed by atoms with Crippen LogP contribution in [0.15, 0.2) is 49.1 Å². The number of hydrazine groups is 1. The van der Waals surface area contributed by atoms with Crippen LogP contribution in [0.1, 0.15) is 28.8 Å². The van der Waals surface area contributed by atoms with E-state index in [1.54, 1.807) is 30.3 Å². The highest BCUT2D eigenvalue weighted by Gasteiger charge is 2.12. The second-order valence-electron chi connectivity index (χ2n) is 6.33. The molecule has 0 aromatic heterocycles. The first-order chi connectivity index (χ1) is 14.4. The number of carbonyl (C=O) groups excluding carboxylic acids is 2. The van der Waals surface area contributed by atoms with Gasteiger partial charge in [0.2, 0.25) is 5.91 Å². The van der Waals surface area contributed by atoms with Gasteiger partial charge in [-0.1, -0.05) is 24.3 Å². The predicted octanol–water partition coefficient (Wildman–Crippen LogP) is 3.84. The number of carbonyl (C=O) groups is 2. The van der Waals surface area contributed by atoms with E-state index < -0.39 is 5.91 Å². The first kappa shape index (κ1) is 23.1. The lowest BCUT2D eigenvalue weighted by molar-refractivity contribution is -0.122. The third-order valence-electron chi connectivity index (χ3n) is 4.04. The minimum absolute atomic E-state index is 0.199. The fraction of sp³-hybridized carbons (Fsp3) is 0.273. The molecule has 0 unspecified atom stereocenters. The summed E-state index contributed by atoms with van der Waals surface area (Å²) in [5, 5.41) is 0.645. The summed E-state index contributed by atoms with van der Waals surface area (Å²) in [6.07, 6.45) is 2.30. The van der Waals surface area contributed by atoms with Crippen LogP contribution in [0.5, 0.6) is 17.2 Å². The van der Waals surface area contributed by atoms with Crippen molar-refractivity contribution in [1.82, 2.24) is 10.9 Å². The third-order valence-corrected chi connectivity index (χ3v) is 4.28. The lowest BCUT2D eigenvalue weighted by Gasteiger charge is -2.12. The normalized spacial score (nSPS) is 10.1. The molecule has 0 heterocycles. The number of rotatable bonds is 10. The third kappa shape index (κ3) is 7.00. The number of methoxy groups -OCH3 is 1. The molecule has 0 aliphatic carbocycles. The van der Waals surface area contributed by atoms with Crippen LogP contribution >= 0.6 is 11.6 Å². The molecule has 0 saturated carbocycles. The second kappa shape index (κ2) is 11.7. The van der Waals surface area contributed by atoms with Crippen LogP contribution in [0.3, 0.4) is 0 Å². The first-order valence-electron chi connectivity index (χ1n) is 9.34. The van der Waals surface area contributed by atoms with Crippen LogP contribution < -0.4 is 25.1 Å². The molecule has 7 nitrogen and oxygen atoms in total. The molecule has 30 heavy (non-hydrogen) atoms. The smallest absolute Gasteiger partial charge is 0.269 e. The Bertz CT molecular complexity index is 901. The maximum absolute atomic E-state index is 12.2. The summed E-state index contributed by atoms with van der Waals surface area (Å²) in [6, 6.07) is 10.1. The summed E-state index contributed by atoms with van der Waals surface area (Å²) in [6.45, 7) is 6.17. The quantitative estimate of drug-likeness (QED) is 0.338. The van der Waals surface area contributed by atoms with Crippen molar-refractivity contribution in [2.45, 2.75) is 19.8 Å². The highest BCUT2D eigenvalue weighted by atomic mass is 35.5. The van der Waals surface area contributed by atoms with E-state index in [1.807, 2.05) is 13.0 Å². The number of hydrogen-bond donors (Lipinski definition) is 2. The number of aryl methyl sites for hydroxylation is 1. The molecule has 0 atom stereocenters. The molecule has 0 saturated heterocycles. The fourth-order valence-corrected chi connectivity index (χ4v) is 2.75. The molecule has 2 aromatic rings. The summed E-state index contributed by atoms with van der Waals surface area (Å²) in [5.74, 6) is 0.838. The Hall–Kier alpha value is -3.19. The van der Waals surface area contributed by atoms with Gasteiger partial charge < -0.3 is 14.2 Å². The van der Waals surface area contributed by atoms with Crippen LogP contribution in [-0.4, -0.2) is 32.1 Å². The SMILES string of the molecule is C=CCOc1ccc(C(=O)NNC(=O)CCCOc2ccc(Cl)cc2C)cc1OC. The summed E-state index contributed by atoms with van der Waals surface area (Å²) in [7, 11) is 1.48. The topological polar surface area (TPSA) is 85.9 Å². The van der Waals surface area contributed by atoms with E-state index in [0.717, 1.165) is 11.3 Å². The van der Waals surface area contributed by atoms with E-state index in [9.17, 15) is 9.59 Å².